The van der Waals surface area contributed by atoms with Crippen LogP contribution in [0.15, 0.2) is 12.2 Å². The third-order valence-electron chi connectivity index (χ3n) is 2.25. The maximum atomic E-state index is 11.5. The maximum Gasteiger partial charge on any atom is 0.317 e. The van der Waals surface area contributed by atoms with E-state index in [1.165, 1.54) is 0 Å². The molecule has 1 atom stereocenters. The molecule has 1 aliphatic heterocycles. The van der Waals surface area contributed by atoms with Crippen LogP contribution in [-0.2, 0) is 0 Å². The molecule has 1 saturated heterocycles. The van der Waals surface area contributed by atoms with Crippen LogP contribution in [0.1, 0.15) is 20.3 Å². The Morgan fingerprint density at radius 1 is 1.69 bits per heavy atom. The first-order valence-corrected chi connectivity index (χ1v) is 4.76. The van der Waals surface area contributed by atoms with Gasteiger partial charge in [-0.1, -0.05) is 19.1 Å². The van der Waals surface area contributed by atoms with Crippen LogP contribution in [0.3, 0.4) is 0 Å². The summed E-state index contributed by atoms with van der Waals surface area (Å²) in [6.45, 7) is 10.2. The number of likely N-dealkylation sites (tertiary alicyclic amines) is 1. The summed E-state index contributed by atoms with van der Waals surface area (Å²) in [5, 5.41) is 2.83. The normalized spacial score (nSPS) is 21.7. The fraction of sp³-hybridized carbons (Fsp3) is 0.700. The summed E-state index contributed by atoms with van der Waals surface area (Å²) < 4.78 is 0. The van der Waals surface area contributed by atoms with Gasteiger partial charge >= 0.3 is 6.03 Å². The molecule has 0 bridgehead atoms. The van der Waals surface area contributed by atoms with Crippen molar-refractivity contribution in [2.75, 3.05) is 19.6 Å². The van der Waals surface area contributed by atoms with Crippen molar-refractivity contribution in [1.82, 2.24) is 10.2 Å². The van der Waals surface area contributed by atoms with Crippen molar-refractivity contribution in [2.45, 2.75) is 20.3 Å². The first-order chi connectivity index (χ1) is 6.09. The smallest absolute Gasteiger partial charge is 0.317 e. The van der Waals surface area contributed by atoms with Gasteiger partial charge in [-0.3, -0.25) is 0 Å². The summed E-state index contributed by atoms with van der Waals surface area (Å²) >= 11 is 0. The molecule has 1 unspecified atom stereocenters. The second kappa shape index (κ2) is 4.30. The third-order valence-corrected chi connectivity index (χ3v) is 2.25. The number of rotatable bonds is 2. The van der Waals surface area contributed by atoms with Gasteiger partial charge in [-0.25, -0.2) is 4.79 Å². The number of nitrogens with one attached hydrogen (secondary N) is 1. The number of urea groups is 1. The quantitative estimate of drug-likeness (QED) is 0.646. The molecule has 1 N–H and O–H groups in total. The summed E-state index contributed by atoms with van der Waals surface area (Å²) in [6, 6.07) is 0.0485. The molecule has 13 heavy (non-hydrogen) atoms. The molecule has 0 aromatic rings. The molecule has 0 saturated carbocycles. The lowest BCUT2D eigenvalue weighted by atomic mass is 10.2. The first kappa shape index (κ1) is 10.1. The van der Waals surface area contributed by atoms with E-state index < -0.39 is 0 Å². The summed E-state index contributed by atoms with van der Waals surface area (Å²) in [7, 11) is 0. The first-order valence-electron chi connectivity index (χ1n) is 4.76. The van der Waals surface area contributed by atoms with Gasteiger partial charge in [0.1, 0.15) is 0 Å². The molecular weight excluding hydrogens is 164 g/mol. The van der Waals surface area contributed by atoms with Crippen molar-refractivity contribution >= 4 is 6.03 Å². The van der Waals surface area contributed by atoms with E-state index in [-0.39, 0.29) is 6.03 Å². The summed E-state index contributed by atoms with van der Waals surface area (Å²) in [5.74, 6) is 0.649. The van der Waals surface area contributed by atoms with E-state index in [4.69, 9.17) is 0 Å². The van der Waals surface area contributed by atoms with Crippen LogP contribution in [0.25, 0.3) is 0 Å². The van der Waals surface area contributed by atoms with Gasteiger partial charge in [-0.05, 0) is 19.3 Å². The summed E-state index contributed by atoms with van der Waals surface area (Å²) in [6.07, 6.45) is 1.13. The SMILES string of the molecule is C=C(C)CNC(=O)N1CCC(C)C1. The highest BCUT2D eigenvalue weighted by Crippen LogP contribution is 2.14. The molecule has 0 spiro atoms. The van der Waals surface area contributed by atoms with Gasteiger partial charge in [0.25, 0.3) is 0 Å². The van der Waals surface area contributed by atoms with E-state index in [0.717, 1.165) is 25.1 Å². The van der Waals surface area contributed by atoms with Crippen LogP contribution < -0.4 is 5.32 Å². The molecule has 0 aliphatic carbocycles. The molecule has 1 heterocycles. The highest BCUT2D eigenvalue weighted by molar-refractivity contribution is 5.74. The predicted molar refractivity (Wildman–Crippen MR) is 53.6 cm³/mol. The van der Waals surface area contributed by atoms with Gasteiger partial charge in [0.15, 0.2) is 0 Å². The van der Waals surface area contributed by atoms with Gasteiger partial charge in [-0.15, -0.1) is 0 Å². The number of amides is 2. The highest BCUT2D eigenvalue weighted by atomic mass is 16.2. The lowest BCUT2D eigenvalue weighted by Gasteiger charge is -2.16. The van der Waals surface area contributed by atoms with Gasteiger partial charge in [0.05, 0.1) is 0 Å². The lowest BCUT2D eigenvalue weighted by molar-refractivity contribution is 0.208. The highest BCUT2D eigenvalue weighted by Gasteiger charge is 2.22. The van der Waals surface area contributed by atoms with Crippen LogP contribution in [0.5, 0.6) is 0 Å². The van der Waals surface area contributed by atoms with Crippen molar-refractivity contribution in [2.24, 2.45) is 5.92 Å². The fourth-order valence-electron chi connectivity index (χ4n) is 1.46. The average Bonchev–Trinajstić information content (AvgIpc) is 2.47. The minimum absolute atomic E-state index is 0.0485. The zero-order valence-electron chi connectivity index (χ0n) is 8.47. The molecular formula is C10H18N2O. The van der Waals surface area contributed by atoms with Gasteiger partial charge in [0.2, 0.25) is 0 Å². The molecule has 74 valence electrons. The Hall–Kier alpha value is -0.990. The van der Waals surface area contributed by atoms with E-state index in [9.17, 15) is 4.79 Å². The van der Waals surface area contributed by atoms with Crippen molar-refractivity contribution in [1.29, 1.82) is 0 Å². The monoisotopic (exact) mass is 182 g/mol. The minimum atomic E-state index is 0.0485. The molecule has 3 heteroatoms. The van der Waals surface area contributed by atoms with Crippen molar-refractivity contribution in [3.05, 3.63) is 12.2 Å². The summed E-state index contributed by atoms with van der Waals surface area (Å²) in [4.78, 5) is 13.3. The zero-order chi connectivity index (χ0) is 9.84. The Morgan fingerprint density at radius 3 is 2.85 bits per heavy atom. The summed E-state index contributed by atoms with van der Waals surface area (Å²) in [5.41, 5.74) is 0.987. The molecule has 1 rings (SSSR count). The molecule has 0 aromatic heterocycles. The topological polar surface area (TPSA) is 32.3 Å². The number of nitrogens with zero attached hydrogens (tertiary/aromatic N) is 1. The van der Waals surface area contributed by atoms with E-state index in [2.05, 4.69) is 18.8 Å². The van der Waals surface area contributed by atoms with Crippen LogP contribution in [0.2, 0.25) is 0 Å². The van der Waals surface area contributed by atoms with Crippen molar-refractivity contribution < 1.29 is 4.79 Å². The van der Waals surface area contributed by atoms with E-state index in [1.807, 2.05) is 11.8 Å². The van der Waals surface area contributed by atoms with E-state index >= 15 is 0 Å². The molecule has 1 fully saturated rings. The van der Waals surface area contributed by atoms with Crippen molar-refractivity contribution in [3.63, 3.8) is 0 Å². The molecule has 0 radical (unpaired) electrons. The third kappa shape index (κ3) is 3.09. The Labute approximate surface area is 79.8 Å². The second-order valence-corrected chi connectivity index (χ2v) is 3.96. The molecule has 2 amide bonds. The van der Waals surface area contributed by atoms with Crippen LogP contribution in [-0.4, -0.2) is 30.6 Å². The lowest BCUT2D eigenvalue weighted by Crippen LogP contribution is -2.38. The average molecular weight is 182 g/mol. The molecule has 3 nitrogen and oxygen atoms in total. The van der Waals surface area contributed by atoms with Crippen LogP contribution in [0, 0.1) is 5.92 Å². The molecule has 0 aromatic carbocycles. The predicted octanol–water partition coefficient (Wildman–Crippen LogP) is 1.61. The molecule has 1 aliphatic rings. The number of carbonyl (C=O) groups excluding carboxylic acids is 1. The number of hydrogen-bond donors (Lipinski definition) is 1. The van der Waals surface area contributed by atoms with Gasteiger partial charge in [-0.2, -0.15) is 0 Å². The second-order valence-electron chi connectivity index (χ2n) is 3.96. The van der Waals surface area contributed by atoms with E-state index in [1.54, 1.807) is 0 Å². The van der Waals surface area contributed by atoms with Crippen LogP contribution in [0.4, 0.5) is 4.79 Å². The Bertz CT molecular complexity index is 213. The number of carbonyl (C=O) groups is 1. The van der Waals surface area contributed by atoms with Crippen molar-refractivity contribution in [3.8, 4) is 0 Å². The van der Waals surface area contributed by atoms with Gasteiger partial charge in [0, 0.05) is 19.6 Å². The van der Waals surface area contributed by atoms with Gasteiger partial charge < -0.3 is 10.2 Å². The largest absolute Gasteiger partial charge is 0.334 e. The fourth-order valence-corrected chi connectivity index (χ4v) is 1.46. The van der Waals surface area contributed by atoms with E-state index in [0.29, 0.717) is 12.5 Å². The number of hydrogen-bond acceptors (Lipinski definition) is 1. The standard InChI is InChI=1S/C10H18N2O/c1-8(2)6-11-10(13)12-5-4-9(3)7-12/h9H,1,4-7H2,2-3H3,(H,11,13). The Balaban J connectivity index is 2.27. The maximum absolute atomic E-state index is 11.5. The van der Waals surface area contributed by atoms with Crippen LogP contribution >= 0.6 is 0 Å². The zero-order valence-corrected chi connectivity index (χ0v) is 8.47. The Kier molecular flexibility index (Phi) is 3.34. The Morgan fingerprint density at radius 2 is 2.38 bits per heavy atom. The minimum Gasteiger partial charge on any atom is -0.334 e.